The molecule has 0 fully saturated rings. The molecule has 6 aromatic rings. The number of Topliss-reactive ketones (excluding diaryl/α,β-unsaturated/α-hetero) is 2. The van der Waals surface area contributed by atoms with E-state index in [1.165, 1.54) is 18.6 Å². The molecule has 0 saturated heterocycles. The number of hydrogen-bond acceptors (Lipinski definition) is 6. The van der Waals surface area contributed by atoms with Gasteiger partial charge >= 0.3 is 17.1 Å². The maximum atomic E-state index is 13.2. The Bertz CT molecular complexity index is 2520. The average Bonchev–Trinajstić information content (AvgIpc) is 3.17. The van der Waals surface area contributed by atoms with Gasteiger partial charge in [0.1, 0.15) is 0 Å². The van der Waals surface area contributed by atoms with Gasteiger partial charge < -0.3 is 9.97 Å². The number of aromatic nitrogens is 2. The normalized spacial score (nSPS) is 10.9. The predicted octanol–water partition coefficient (Wildman–Crippen LogP) is 11.0. The van der Waals surface area contributed by atoms with Gasteiger partial charge in [-0.3, -0.25) is 29.2 Å². The maximum absolute atomic E-state index is 13.2. The molecule has 8 nitrogen and oxygen atoms in total. The fraction of sp³-hybridized carbons (Fsp3) is 0.191. The van der Waals surface area contributed by atoms with Gasteiger partial charge in [-0.05, 0) is 94.1 Å². The average molecular weight is 928 g/mol. The zero-order chi connectivity index (χ0) is 40.5. The summed E-state index contributed by atoms with van der Waals surface area (Å²) in [6.45, 7) is 14.4. The Balaban J connectivity index is 0.000000303. The molecule has 4 aromatic carbocycles. The number of aliphatic imine (C=N–C) groups is 2. The number of carbonyl (C=O) groups excluding carboxylic acids is 2. The summed E-state index contributed by atoms with van der Waals surface area (Å²) in [5.74, 6) is -0.211. The van der Waals surface area contributed by atoms with Crippen molar-refractivity contribution in [2.45, 2.75) is 60.3 Å². The molecule has 0 amide bonds. The number of aromatic amines is 2. The molecule has 2 N–H and O–H groups in total. The Labute approximate surface area is 368 Å². The molecule has 0 bridgehead atoms. The Morgan fingerprint density at radius 2 is 1.31 bits per heavy atom. The van der Waals surface area contributed by atoms with Crippen molar-refractivity contribution in [3.63, 3.8) is 0 Å². The number of ketones is 2. The molecule has 0 aliphatic rings. The minimum atomic E-state index is -0.417. The number of para-hydroxylation sites is 1. The summed E-state index contributed by atoms with van der Waals surface area (Å²) in [5.41, 5.74) is 8.92. The Hall–Kier alpha value is -5.02. The van der Waals surface area contributed by atoms with E-state index in [1.54, 1.807) is 24.3 Å². The van der Waals surface area contributed by atoms with E-state index < -0.39 is 11.3 Å². The van der Waals surface area contributed by atoms with Gasteiger partial charge in [-0.1, -0.05) is 93.9 Å². The van der Waals surface area contributed by atoms with E-state index in [1.807, 2.05) is 93.6 Å². The van der Waals surface area contributed by atoms with Crippen molar-refractivity contribution in [3.05, 3.63) is 173 Å². The monoisotopic (exact) mass is 926 g/mol. The number of H-pyrrole nitrogens is 2. The van der Waals surface area contributed by atoms with Crippen molar-refractivity contribution >= 4 is 51.3 Å². The van der Waals surface area contributed by atoms with Crippen molar-refractivity contribution in [3.8, 4) is 22.4 Å². The number of benzene rings is 4. The van der Waals surface area contributed by atoms with E-state index in [-0.39, 0.29) is 74.0 Å². The zero-order valence-corrected chi connectivity index (χ0v) is 36.8. The molecule has 2 aromatic heterocycles. The van der Waals surface area contributed by atoms with E-state index in [0.717, 1.165) is 44.8 Å². The quantitative estimate of drug-likeness (QED) is 0.0614. The van der Waals surface area contributed by atoms with E-state index in [2.05, 4.69) is 69.6 Å². The summed E-state index contributed by atoms with van der Waals surface area (Å²) in [6, 6.07) is 33.1. The van der Waals surface area contributed by atoms with Crippen LogP contribution < -0.4 is 11.1 Å². The largest absolute Gasteiger partial charge is 1.00 e. The molecular formula is C47H44BrCuFeN4O4. The van der Waals surface area contributed by atoms with Crippen LogP contribution in [0, 0.1) is 26.8 Å². The second kappa shape index (κ2) is 21.7. The van der Waals surface area contributed by atoms with Crippen LogP contribution in [0.4, 0.5) is 11.4 Å². The summed E-state index contributed by atoms with van der Waals surface area (Å²) in [6.07, 6.45) is 4.02. The SMILES string of the molecule is CC(C)c1cccc(C(C)C)c1N=CC(=O)c1c(Br)c[nH]c(=O)c1-c1[c-]cccc1.Cc1cc(C)c(N=CC(=O)c2ccc(-c3ccccc3)[nH]c2=O)c(C)c1.[Cu+].[Fe]. The molecule has 0 atom stereocenters. The summed E-state index contributed by atoms with van der Waals surface area (Å²) in [5, 5.41) is 0. The third-order valence-electron chi connectivity index (χ3n) is 9.13. The number of carbonyl (C=O) groups is 2. The van der Waals surface area contributed by atoms with Crippen LogP contribution in [0.15, 0.2) is 127 Å². The van der Waals surface area contributed by atoms with E-state index >= 15 is 0 Å². The minimum Gasteiger partial charge on any atom is -0.335 e. The van der Waals surface area contributed by atoms with Crippen LogP contribution in [-0.2, 0) is 34.1 Å². The molecule has 0 unspecified atom stereocenters. The first-order valence-corrected chi connectivity index (χ1v) is 19.1. The van der Waals surface area contributed by atoms with Gasteiger partial charge in [-0.15, -0.1) is 35.9 Å². The van der Waals surface area contributed by atoms with Crippen molar-refractivity contribution in [2.24, 2.45) is 9.98 Å². The van der Waals surface area contributed by atoms with Crippen molar-refractivity contribution in [1.82, 2.24) is 9.97 Å². The number of aryl methyl sites for hydroxylation is 3. The van der Waals surface area contributed by atoms with Crippen LogP contribution in [0.2, 0.25) is 0 Å². The van der Waals surface area contributed by atoms with E-state index in [0.29, 0.717) is 15.7 Å². The molecular weight excluding hydrogens is 884 g/mol. The fourth-order valence-electron chi connectivity index (χ4n) is 6.42. The van der Waals surface area contributed by atoms with Gasteiger partial charge in [-0.25, -0.2) is 0 Å². The van der Waals surface area contributed by atoms with E-state index in [4.69, 9.17) is 0 Å². The van der Waals surface area contributed by atoms with Gasteiger partial charge in [0.25, 0.3) is 5.56 Å². The summed E-state index contributed by atoms with van der Waals surface area (Å²) >= 11 is 3.41. The van der Waals surface area contributed by atoms with Crippen molar-refractivity contribution < 1.29 is 43.7 Å². The summed E-state index contributed by atoms with van der Waals surface area (Å²) in [7, 11) is 0. The molecule has 0 saturated carbocycles. The number of nitrogens with one attached hydrogen (secondary N) is 2. The third kappa shape index (κ3) is 11.6. The second-order valence-electron chi connectivity index (χ2n) is 14.1. The van der Waals surface area contributed by atoms with Gasteiger partial charge in [0.05, 0.1) is 29.4 Å². The van der Waals surface area contributed by atoms with Crippen LogP contribution in [-0.4, -0.2) is 34.0 Å². The third-order valence-corrected chi connectivity index (χ3v) is 9.76. The van der Waals surface area contributed by atoms with Crippen LogP contribution in [0.5, 0.6) is 0 Å². The zero-order valence-electron chi connectivity index (χ0n) is 33.2. The molecule has 302 valence electrons. The molecule has 58 heavy (non-hydrogen) atoms. The molecule has 0 radical (unpaired) electrons. The first-order chi connectivity index (χ1) is 26.8. The summed E-state index contributed by atoms with van der Waals surface area (Å²) in [4.78, 5) is 64.8. The number of rotatable bonds is 10. The molecule has 0 aliphatic carbocycles. The van der Waals surface area contributed by atoms with Crippen molar-refractivity contribution in [1.29, 1.82) is 0 Å². The predicted molar refractivity (Wildman–Crippen MR) is 232 cm³/mol. The fourth-order valence-corrected chi connectivity index (χ4v) is 6.93. The molecule has 2 heterocycles. The first-order valence-electron chi connectivity index (χ1n) is 18.3. The minimum absolute atomic E-state index is 0. The molecule has 6 rings (SSSR count). The Morgan fingerprint density at radius 3 is 1.88 bits per heavy atom. The van der Waals surface area contributed by atoms with E-state index in [9.17, 15) is 19.2 Å². The maximum Gasteiger partial charge on any atom is 1.00 e. The number of pyridine rings is 2. The van der Waals surface area contributed by atoms with Crippen LogP contribution in [0.25, 0.3) is 22.4 Å². The molecule has 0 aliphatic heterocycles. The second-order valence-corrected chi connectivity index (χ2v) is 14.9. The van der Waals surface area contributed by atoms with Crippen LogP contribution in [0.3, 0.4) is 0 Å². The topological polar surface area (TPSA) is 125 Å². The standard InChI is InChI=1S/C25H24BrN2O2.C22H20N2O2.Cu.Fe/c1-15(2)18-11-8-12-19(16(3)4)24(18)27-14-21(29)23-20(26)13-28-25(30)22(23)17-9-6-5-7-10-17;1-14-11-15(2)21(16(3)12-14)23-13-20(25)18-9-10-19(24-22(18)26)17-7-5-4-6-8-17;;/h5-9,11-16H,1-4H3,(H,28,30);4-13H,1-3H3,(H,24,26);;/q-1;;+1;. The smallest absolute Gasteiger partial charge is 0.335 e. The van der Waals surface area contributed by atoms with Crippen LogP contribution in [0.1, 0.15) is 88.1 Å². The Kier molecular flexibility index (Phi) is 17.7. The molecule has 11 heteroatoms. The molecule has 0 spiro atoms. The number of halogens is 1. The summed E-state index contributed by atoms with van der Waals surface area (Å²) < 4.78 is 0.507. The van der Waals surface area contributed by atoms with Crippen molar-refractivity contribution in [2.75, 3.05) is 0 Å². The van der Waals surface area contributed by atoms with Gasteiger partial charge in [0, 0.05) is 39.0 Å². The van der Waals surface area contributed by atoms with Gasteiger partial charge in [0.2, 0.25) is 11.3 Å². The Morgan fingerprint density at radius 1 is 0.724 bits per heavy atom. The van der Waals surface area contributed by atoms with Crippen LogP contribution >= 0.6 is 15.9 Å². The van der Waals surface area contributed by atoms with Gasteiger partial charge in [-0.2, -0.15) is 0 Å². The number of hydrogen-bond donors (Lipinski definition) is 2. The first kappa shape index (κ1) is 47.4. The number of nitrogens with zero attached hydrogens (tertiary/aromatic N) is 2. The van der Waals surface area contributed by atoms with Gasteiger partial charge in [0.15, 0.2) is 5.78 Å².